The Bertz CT molecular complexity index is 3920. The molecule has 0 atom stereocenters. The summed E-state index contributed by atoms with van der Waals surface area (Å²) in [5.41, 5.74) is 18.0. The molecule has 2 aromatic heterocycles. The fraction of sp³-hybridized carbons (Fsp3) is 0. The van der Waals surface area contributed by atoms with Crippen molar-refractivity contribution in [3.05, 3.63) is 255 Å². The van der Waals surface area contributed by atoms with Crippen LogP contribution in [0.25, 0.3) is 105 Å². The molecule has 0 spiro atoms. The number of hydrogen-bond donors (Lipinski definition) is 0. The molecule has 314 valence electrons. The van der Waals surface area contributed by atoms with E-state index in [1.165, 1.54) is 60.4 Å². The van der Waals surface area contributed by atoms with Crippen LogP contribution >= 0.6 is 0 Å². The summed E-state index contributed by atoms with van der Waals surface area (Å²) < 4.78 is 8.71. The molecule has 0 bridgehead atoms. The second-order valence-corrected chi connectivity index (χ2v) is 17.3. The van der Waals surface area contributed by atoms with Gasteiger partial charge in [-0.05, 0) is 123 Å². The second kappa shape index (κ2) is 16.0. The van der Waals surface area contributed by atoms with Crippen molar-refractivity contribution < 1.29 is 4.42 Å². The molecule has 0 aliphatic carbocycles. The van der Waals surface area contributed by atoms with Crippen molar-refractivity contribution in [1.29, 1.82) is 0 Å². The molecular formula is C64H42N2O. The maximum atomic E-state index is 6.27. The van der Waals surface area contributed by atoms with Gasteiger partial charge >= 0.3 is 0 Å². The minimum Gasteiger partial charge on any atom is -0.456 e. The lowest BCUT2D eigenvalue weighted by molar-refractivity contribution is 0.669. The summed E-state index contributed by atoms with van der Waals surface area (Å²) >= 11 is 0. The van der Waals surface area contributed by atoms with Crippen LogP contribution in [0.3, 0.4) is 0 Å². The van der Waals surface area contributed by atoms with Gasteiger partial charge in [0, 0.05) is 49.7 Å². The lowest BCUT2D eigenvalue weighted by atomic mass is 9.99. The zero-order chi connectivity index (χ0) is 44.3. The zero-order valence-corrected chi connectivity index (χ0v) is 36.6. The van der Waals surface area contributed by atoms with Crippen LogP contribution in [0.5, 0.6) is 0 Å². The predicted octanol–water partition coefficient (Wildman–Crippen LogP) is 18.0. The third-order valence-corrected chi connectivity index (χ3v) is 13.4. The van der Waals surface area contributed by atoms with Crippen molar-refractivity contribution in [1.82, 2.24) is 4.57 Å². The number of nitrogens with zero attached hydrogens (tertiary/aromatic N) is 2. The van der Waals surface area contributed by atoms with E-state index in [2.05, 4.69) is 252 Å². The van der Waals surface area contributed by atoms with Gasteiger partial charge in [-0.2, -0.15) is 0 Å². The van der Waals surface area contributed by atoms with Gasteiger partial charge in [-0.1, -0.05) is 182 Å². The van der Waals surface area contributed by atoms with Crippen molar-refractivity contribution >= 4 is 71.6 Å². The Balaban J connectivity index is 0.879. The summed E-state index contributed by atoms with van der Waals surface area (Å²) in [5.74, 6) is 0. The summed E-state index contributed by atoms with van der Waals surface area (Å²) in [6.07, 6.45) is 0. The van der Waals surface area contributed by atoms with Crippen molar-refractivity contribution in [2.24, 2.45) is 0 Å². The van der Waals surface area contributed by atoms with Gasteiger partial charge in [-0.3, -0.25) is 0 Å². The number of furan rings is 1. The van der Waals surface area contributed by atoms with Gasteiger partial charge in [0.15, 0.2) is 0 Å². The highest BCUT2D eigenvalue weighted by Crippen LogP contribution is 2.41. The molecule has 0 unspecified atom stereocenters. The number of para-hydroxylation sites is 2. The molecule has 67 heavy (non-hydrogen) atoms. The van der Waals surface area contributed by atoms with Crippen LogP contribution in [0, 0.1) is 0 Å². The molecule has 0 saturated carbocycles. The van der Waals surface area contributed by atoms with Crippen LogP contribution in [-0.4, -0.2) is 4.57 Å². The Morgan fingerprint density at radius 1 is 0.284 bits per heavy atom. The second-order valence-electron chi connectivity index (χ2n) is 17.3. The van der Waals surface area contributed by atoms with Gasteiger partial charge in [0.1, 0.15) is 11.2 Å². The number of benzene rings is 11. The lowest BCUT2D eigenvalue weighted by Gasteiger charge is -2.26. The van der Waals surface area contributed by atoms with Gasteiger partial charge in [0.05, 0.1) is 11.0 Å². The van der Waals surface area contributed by atoms with Gasteiger partial charge in [-0.25, -0.2) is 0 Å². The highest BCUT2D eigenvalue weighted by atomic mass is 16.3. The first-order valence-corrected chi connectivity index (χ1v) is 22.9. The standard InChI is InChI=1S/C64H42N2O/c1-3-11-43(12-4-1)44-19-21-45(22-20-44)46-23-32-53(33-24-46)65(55-36-27-48(28-37-55)51-31-39-59-58-17-9-10-18-62(58)67-63(59)42-51)54-34-25-47(26-35-54)50-30-38-57-60-40-29-49-13-7-8-16-56(49)64(60)66(61(57)41-50)52-14-5-2-6-15-52/h1-42H. The summed E-state index contributed by atoms with van der Waals surface area (Å²) in [4.78, 5) is 2.35. The Morgan fingerprint density at radius 2 is 0.716 bits per heavy atom. The maximum absolute atomic E-state index is 6.27. The summed E-state index contributed by atoms with van der Waals surface area (Å²) in [7, 11) is 0. The highest BCUT2D eigenvalue weighted by molar-refractivity contribution is 6.19. The molecule has 11 aromatic carbocycles. The van der Waals surface area contributed by atoms with Gasteiger partial charge in [0.25, 0.3) is 0 Å². The normalized spacial score (nSPS) is 11.6. The largest absolute Gasteiger partial charge is 0.456 e. The van der Waals surface area contributed by atoms with Crippen molar-refractivity contribution in [2.75, 3.05) is 4.90 Å². The molecule has 13 rings (SSSR count). The average molecular weight is 855 g/mol. The van der Waals surface area contributed by atoms with Crippen LogP contribution in [0.2, 0.25) is 0 Å². The van der Waals surface area contributed by atoms with E-state index in [1.807, 2.05) is 12.1 Å². The minimum atomic E-state index is 0.897. The molecule has 0 aliphatic heterocycles. The molecule has 3 heteroatoms. The van der Waals surface area contributed by atoms with Crippen LogP contribution < -0.4 is 4.90 Å². The van der Waals surface area contributed by atoms with Crippen LogP contribution in [-0.2, 0) is 0 Å². The van der Waals surface area contributed by atoms with Crippen molar-refractivity contribution in [3.63, 3.8) is 0 Å². The van der Waals surface area contributed by atoms with Crippen LogP contribution in [0.15, 0.2) is 259 Å². The number of hydrogen-bond acceptors (Lipinski definition) is 2. The molecule has 2 heterocycles. The number of rotatable bonds is 8. The minimum absolute atomic E-state index is 0.897. The Hall–Kier alpha value is -8.92. The van der Waals surface area contributed by atoms with Crippen LogP contribution in [0.1, 0.15) is 0 Å². The maximum Gasteiger partial charge on any atom is 0.136 e. The molecule has 13 aromatic rings. The van der Waals surface area contributed by atoms with E-state index in [1.54, 1.807) is 0 Å². The predicted molar refractivity (Wildman–Crippen MR) is 282 cm³/mol. The SMILES string of the molecule is c1ccc(-c2ccc(-c3ccc(N(c4ccc(-c5ccc6c(c5)oc5ccccc56)cc4)c4ccc(-c5ccc6c7ccc8ccccc8c7n(-c7ccccc7)c6c5)cc4)cc3)cc2)cc1. The fourth-order valence-corrected chi connectivity index (χ4v) is 10.1. The van der Waals surface area contributed by atoms with Gasteiger partial charge < -0.3 is 13.9 Å². The quantitative estimate of drug-likeness (QED) is 0.152. The Kier molecular flexibility index (Phi) is 9.17. The summed E-state index contributed by atoms with van der Waals surface area (Å²) in [5, 5.41) is 7.26. The molecule has 0 radical (unpaired) electrons. The smallest absolute Gasteiger partial charge is 0.136 e. The molecular weight excluding hydrogens is 813 g/mol. The lowest BCUT2D eigenvalue weighted by Crippen LogP contribution is -2.09. The molecule has 0 amide bonds. The molecule has 3 nitrogen and oxygen atoms in total. The fourth-order valence-electron chi connectivity index (χ4n) is 10.1. The van der Waals surface area contributed by atoms with Crippen LogP contribution in [0.4, 0.5) is 17.1 Å². The molecule has 0 saturated heterocycles. The van der Waals surface area contributed by atoms with E-state index in [9.17, 15) is 0 Å². The first kappa shape index (κ1) is 38.5. The van der Waals surface area contributed by atoms with Gasteiger partial charge in [-0.15, -0.1) is 0 Å². The van der Waals surface area contributed by atoms with E-state index in [4.69, 9.17) is 4.42 Å². The number of anilines is 3. The monoisotopic (exact) mass is 854 g/mol. The third kappa shape index (κ3) is 6.76. The highest BCUT2D eigenvalue weighted by Gasteiger charge is 2.18. The van der Waals surface area contributed by atoms with E-state index in [-0.39, 0.29) is 0 Å². The van der Waals surface area contributed by atoms with E-state index >= 15 is 0 Å². The number of fused-ring (bicyclic) bond motifs is 8. The van der Waals surface area contributed by atoms with Gasteiger partial charge in [0.2, 0.25) is 0 Å². The topological polar surface area (TPSA) is 21.3 Å². The van der Waals surface area contributed by atoms with E-state index in [0.717, 1.165) is 61.4 Å². The molecule has 0 N–H and O–H groups in total. The van der Waals surface area contributed by atoms with E-state index in [0.29, 0.717) is 0 Å². The summed E-state index contributed by atoms with van der Waals surface area (Å²) in [6, 6.07) is 91.9. The Labute approximate surface area is 388 Å². The van der Waals surface area contributed by atoms with Crippen molar-refractivity contribution in [2.45, 2.75) is 0 Å². The first-order valence-electron chi connectivity index (χ1n) is 22.9. The van der Waals surface area contributed by atoms with Crippen molar-refractivity contribution in [3.8, 4) is 50.2 Å². The molecule has 0 fully saturated rings. The number of aromatic nitrogens is 1. The Morgan fingerprint density at radius 3 is 1.34 bits per heavy atom. The van der Waals surface area contributed by atoms with E-state index < -0.39 is 0 Å². The third-order valence-electron chi connectivity index (χ3n) is 13.4. The average Bonchev–Trinajstić information content (AvgIpc) is 3.95. The molecule has 0 aliphatic rings. The zero-order valence-electron chi connectivity index (χ0n) is 36.6. The summed E-state index contributed by atoms with van der Waals surface area (Å²) in [6.45, 7) is 0. The first-order chi connectivity index (χ1) is 33.2.